The Hall–Kier alpha value is -3.79. The van der Waals surface area contributed by atoms with Gasteiger partial charge in [-0.15, -0.1) is 0 Å². The van der Waals surface area contributed by atoms with Crippen LogP contribution in [-0.2, 0) is 14.8 Å². The second-order valence-corrected chi connectivity index (χ2v) is 12.3. The predicted octanol–water partition coefficient (Wildman–Crippen LogP) is 5.00. The molecule has 0 aliphatic heterocycles. The van der Waals surface area contributed by atoms with E-state index in [1.807, 2.05) is 37.6 Å². The van der Waals surface area contributed by atoms with Gasteiger partial charge in [-0.05, 0) is 74.4 Å². The van der Waals surface area contributed by atoms with E-state index in [9.17, 15) is 18.0 Å². The number of carbonyl (C=O) groups excluding carboxylic acids is 2. The van der Waals surface area contributed by atoms with Gasteiger partial charge in [0.2, 0.25) is 5.88 Å². The minimum absolute atomic E-state index is 0. The number of hydrogen-bond acceptors (Lipinski definition) is 8. The Balaban J connectivity index is 0.00000420. The maximum atomic E-state index is 13.3. The Morgan fingerprint density at radius 1 is 1.11 bits per heavy atom. The Morgan fingerprint density at radius 3 is 2.45 bits per heavy atom. The molecule has 0 saturated heterocycles. The second-order valence-electron chi connectivity index (χ2n) is 10.6. The fourth-order valence-corrected chi connectivity index (χ4v) is 5.75. The summed E-state index contributed by atoms with van der Waals surface area (Å²) >= 11 is 0. The Kier molecular flexibility index (Phi) is 7.29. The molecule has 3 aromatic rings. The number of ether oxygens (including phenoxy) is 1. The van der Waals surface area contributed by atoms with Crippen LogP contribution in [0.4, 0.5) is 5.82 Å². The van der Waals surface area contributed by atoms with Gasteiger partial charge in [0.05, 0.1) is 11.6 Å². The fraction of sp³-hybridized carbons (Fsp3) is 0.357. The number of nitrogens with one attached hydrogen (secondary N) is 1. The highest BCUT2D eigenvalue weighted by Gasteiger charge is 2.36. The smallest absolute Gasteiger partial charge is 0.281 e. The topological polar surface area (TPSA) is 141 Å². The molecule has 38 heavy (non-hydrogen) atoms. The summed E-state index contributed by atoms with van der Waals surface area (Å²) in [4.78, 5) is 34.5. The van der Waals surface area contributed by atoms with Crippen LogP contribution in [0.1, 0.15) is 73.2 Å². The molecule has 3 N–H and O–H groups in total. The first-order valence-electron chi connectivity index (χ1n) is 12.3. The van der Waals surface area contributed by atoms with E-state index in [1.165, 1.54) is 24.3 Å². The van der Waals surface area contributed by atoms with Crippen LogP contribution in [0.25, 0.3) is 0 Å². The van der Waals surface area contributed by atoms with E-state index in [0.717, 1.165) is 23.1 Å². The van der Waals surface area contributed by atoms with E-state index < -0.39 is 26.9 Å². The van der Waals surface area contributed by atoms with Crippen LogP contribution in [0.3, 0.4) is 0 Å². The van der Waals surface area contributed by atoms with Gasteiger partial charge in [-0.3, -0.25) is 9.59 Å². The molecule has 0 spiro atoms. The molecule has 1 unspecified atom stereocenters. The average Bonchev–Trinajstić information content (AvgIpc) is 2.82. The molecule has 1 aromatic carbocycles. The summed E-state index contributed by atoms with van der Waals surface area (Å²) in [7, 11) is -4.32. The quantitative estimate of drug-likeness (QED) is 0.446. The van der Waals surface area contributed by atoms with Gasteiger partial charge in [0.25, 0.3) is 15.9 Å². The number of ketones is 1. The SMILES string of the molecule is Cc1cc(C)c(Oc2nc(C3CC(C)(C)CCC3=O)ccc2C(=O)NS(=O)(=O)c2cccc(N)n2)c(C)c1.[HH]. The molecule has 202 valence electrons. The lowest BCUT2D eigenvalue weighted by Crippen LogP contribution is -2.32. The van der Waals surface area contributed by atoms with Crippen LogP contribution in [0, 0.1) is 26.2 Å². The van der Waals surface area contributed by atoms with Crippen molar-refractivity contribution in [3.8, 4) is 11.6 Å². The summed E-state index contributed by atoms with van der Waals surface area (Å²) in [5.74, 6) is -0.884. The third kappa shape index (κ3) is 5.85. The van der Waals surface area contributed by atoms with E-state index in [1.54, 1.807) is 6.07 Å². The summed E-state index contributed by atoms with van der Waals surface area (Å²) < 4.78 is 33.9. The number of aryl methyl sites for hydroxylation is 3. The number of aromatic nitrogens is 2. The number of hydrogen-bond donors (Lipinski definition) is 2. The number of rotatable bonds is 6. The first-order chi connectivity index (χ1) is 17.8. The van der Waals surface area contributed by atoms with Gasteiger partial charge in [-0.1, -0.05) is 37.6 Å². The zero-order valence-electron chi connectivity index (χ0n) is 22.2. The van der Waals surface area contributed by atoms with Crippen molar-refractivity contribution < 1.29 is 24.2 Å². The molecule has 0 bridgehead atoms. The Labute approximate surface area is 224 Å². The number of sulfonamides is 1. The van der Waals surface area contributed by atoms with E-state index >= 15 is 0 Å². The van der Waals surface area contributed by atoms with Gasteiger partial charge in [0.15, 0.2) is 5.03 Å². The molecule has 1 atom stereocenters. The van der Waals surface area contributed by atoms with Gasteiger partial charge < -0.3 is 10.5 Å². The molecule has 9 nitrogen and oxygen atoms in total. The van der Waals surface area contributed by atoms with Crippen LogP contribution in [0.15, 0.2) is 47.5 Å². The molecular formula is C28H34N4O5S. The number of nitrogens with two attached hydrogens (primary N) is 1. The normalized spacial score (nSPS) is 17.2. The molecule has 4 rings (SSSR count). The predicted molar refractivity (Wildman–Crippen MR) is 146 cm³/mol. The zero-order chi connectivity index (χ0) is 27.8. The van der Waals surface area contributed by atoms with Gasteiger partial charge >= 0.3 is 0 Å². The standard InChI is InChI=1S/C28H32N4O5S.H2/c1-16-13-17(2)25(18(3)14-16)37-27-19(26(34)32-38(35,36)24-8-6-7-23(29)31-24)9-10-21(30-27)20-15-28(4,5)12-11-22(20)33;/h6-10,13-14,20H,11-12,15H2,1-5H3,(H2,29,31)(H,32,34);1H. The van der Waals surface area contributed by atoms with Crippen LogP contribution in [0.2, 0.25) is 0 Å². The Morgan fingerprint density at radius 2 is 1.79 bits per heavy atom. The van der Waals surface area contributed by atoms with Crippen molar-refractivity contribution in [3.05, 3.63) is 70.4 Å². The number of carbonyl (C=O) groups is 2. The molecule has 1 saturated carbocycles. The third-order valence-electron chi connectivity index (χ3n) is 6.73. The minimum atomic E-state index is -4.32. The highest BCUT2D eigenvalue weighted by atomic mass is 32.2. The number of Topliss-reactive ketones (excluding diaryl/α,β-unsaturated/α-hetero) is 1. The molecule has 1 amide bonds. The third-order valence-corrected chi connectivity index (χ3v) is 7.96. The van der Waals surface area contributed by atoms with E-state index in [4.69, 9.17) is 10.5 Å². The summed E-state index contributed by atoms with van der Waals surface area (Å²) in [5, 5.41) is -0.391. The van der Waals surface area contributed by atoms with Crippen molar-refractivity contribution in [1.82, 2.24) is 14.7 Å². The van der Waals surface area contributed by atoms with Gasteiger partial charge in [0, 0.05) is 7.85 Å². The summed E-state index contributed by atoms with van der Waals surface area (Å²) in [6.07, 6.45) is 1.85. The van der Waals surface area contributed by atoms with Gasteiger partial charge in [0.1, 0.15) is 22.9 Å². The van der Waals surface area contributed by atoms with Crippen LogP contribution >= 0.6 is 0 Å². The highest BCUT2D eigenvalue weighted by molar-refractivity contribution is 7.90. The number of pyridine rings is 2. The monoisotopic (exact) mass is 538 g/mol. The zero-order valence-corrected chi connectivity index (χ0v) is 23.0. The number of amides is 1. The van der Waals surface area contributed by atoms with E-state index in [0.29, 0.717) is 24.3 Å². The maximum absolute atomic E-state index is 13.3. The number of nitrogens with zero attached hydrogens (tertiary/aromatic N) is 2. The van der Waals surface area contributed by atoms with Crippen molar-refractivity contribution in [2.24, 2.45) is 5.41 Å². The molecule has 0 radical (unpaired) electrons. The summed E-state index contributed by atoms with van der Waals surface area (Å²) in [6.45, 7) is 9.94. The van der Waals surface area contributed by atoms with Crippen molar-refractivity contribution >= 4 is 27.5 Å². The summed E-state index contributed by atoms with van der Waals surface area (Å²) in [5.41, 5.74) is 8.66. The highest BCUT2D eigenvalue weighted by Crippen LogP contribution is 2.42. The van der Waals surface area contributed by atoms with E-state index in [2.05, 4.69) is 23.8 Å². The molecule has 1 aliphatic carbocycles. The second kappa shape index (κ2) is 10.2. The maximum Gasteiger partial charge on any atom is 0.281 e. The van der Waals surface area contributed by atoms with Crippen molar-refractivity contribution in [2.75, 3.05) is 5.73 Å². The lowest BCUT2D eigenvalue weighted by atomic mass is 9.70. The minimum Gasteiger partial charge on any atom is -0.438 e. The average molecular weight is 539 g/mol. The number of benzene rings is 1. The summed E-state index contributed by atoms with van der Waals surface area (Å²) in [6, 6.07) is 11.0. The fourth-order valence-electron chi connectivity index (χ4n) is 4.81. The first-order valence-corrected chi connectivity index (χ1v) is 13.8. The van der Waals surface area contributed by atoms with Crippen molar-refractivity contribution in [1.29, 1.82) is 0 Å². The lowest BCUT2D eigenvalue weighted by molar-refractivity contribution is -0.124. The van der Waals surface area contributed by atoms with Gasteiger partial charge in [-0.2, -0.15) is 8.42 Å². The van der Waals surface area contributed by atoms with Crippen LogP contribution in [0.5, 0.6) is 11.6 Å². The lowest BCUT2D eigenvalue weighted by Gasteiger charge is -2.34. The molecular weight excluding hydrogens is 504 g/mol. The largest absolute Gasteiger partial charge is 0.438 e. The Bertz CT molecular complexity index is 1520. The van der Waals surface area contributed by atoms with E-state index in [-0.39, 0.29) is 29.9 Å². The van der Waals surface area contributed by atoms with Crippen LogP contribution < -0.4 is 15.2 Å². The van der Waals surface area contributed by atoms with Crippen molar-refractivity contribution in [2.45, 2.75) is 64.8 Å². The molecule has 2 aromatic heterocycles. The molecule has 1 aliphatic rings. The van der Waals surface area contributed by atoms with Crippen molar-refractivity contribution in [3.63, 3.8) is 0 Å². The number of anilines is 1. The number of nitrogen functional groups attached to an aromatic ring is 1. The molecule has 2 heterocycles. The first kappa shape index (κ1) is 27.3. The van der Waals surface area contributed by atoms with Gasteiger partial charge in [-0.25, -0.2) is 14.7 Å². The van der Waals surface area contributed by atoms with Crippen LogP contribution in [-0.4, -0.2) is 30.1 Å². The molecule has 10 heteroatoms. The molecule has 1 fully saturated rings.